The summed E-state index contributed by atoms with van der Waals surface area (Å²) in [6.45, 7) is 9.96. The molecule has 4 aromatic rings. The molecular weight excluding hydrogens is 396 g/mol. The molecule has 6 nitrogen and oxygen atoms in total. The number of fused-ring (bicyclic) bond motifs is 3. The van der Waals surface area contributed by atoms with Gasteiger partial charge in [-0.3, -0.25) is 18.6 Å². The average molecular weight is 419 g/mol. The molecule has 0 aliphatic carbocycles. The van der Waals surface area contributed by atoms with Gasteiger partial charge in [-0.1, -0.05) is 42.1 Å². The highest BCUT2D eigenvalue weighted by molar-refractivity contribution is 8.00. The molecule has 0 N–H and O–H groups in total. The molecule has 152 valence electrons. The Hall–Kier alpha value is -3.19. The van der Waals surface area contributed by atoms with Crippen molar-refractivity contribution in [3.8, 4) is 0 Å². The fourth-order valence-electron chi connectivity index (χ4n) is 3.44. The number of aryl methyl sites for hydroxylation is 2. The van der Waals surface area contributed by atoms with Gasteiger partial charge in [0.1, 0.15) is 0 Å². The molecule has 0 fully saturated rings. The van der Waals surface area contributed by atoms with Crippen molar-refractivity contribution in [2.24, 2.45) is 0 Å². The molecule has 4 rings (SSSR count). The minimum atomic E-state index is -0.363. The molecular formula is C23H22N4O2S. The van der Waals surface area contributed by atoms with Crippen LogP contribution in [0.2, 0.25) is 0 Å². The van der Waals surface area contributed by atoms with Crippen molar-refractivity contribution in [3.63, 3.8) is 0 Å². The number of ketones is 1. The molecule has 1 atom stereocenters. The lowest BCUT2D eigenvalue weighted by Gasteiger charge is -2.12. The maximum absolute atomic E-state index is 13.0. The van der Waals surface area contributed by atoms with E-state index in [4.69, 9.17) is 0 Å². The van der Waals surface area contributed by atoms with Gasteiger partial charge in [0, 0.05) is 12.1 Å². The van der Waals surface area contributed by atoms with Gasteiger partial charge in [0.2, 0.25) is 5.78 Å². The number of thioether (sulfide) groups is 1. The molecule has 2 heterocycles. The average Bonchev–Trinajstić information content (AvgIpc) is 3.16. The summed E-state index contributed by atoms with van der Waals surface area (Å²) in [4.78, 5) is 25.9. The van der Waals surface area contributed by atoms with Crippen molar-refractivity contribution in [3.05, 3.63) is 82.2 Å². The largest absolute Gasteiger partial charge is 0.293 e. The third-order valence-corrected chi connectivity index (χ3v) is 6.28. The van der Waals surface area contributed by atoms with Gasteiger partial charge in [-0.25, -0.2) is 0 Å². The predicted molar refractivity (Wildman–Crippen MR) is 121 cm³/mol. The Bertz CT molecular complexity index is 1350. The number of aromatic nitrogens is 4. The van der Waals surface area contributed by atoms with Gasteiger partial charge in [-0.05, 0) is 50.1 Å². The van der Waals surface area contributed by atoms with Crippen LogP contribution in [0.1, 0.15) is 28.4 Å². The van der Waals surface area contributed by atoms with E-state index in [1.165, 1.54) is 11.8 Å². The van der Waals surface area contributed by atoms with Crippen LogP contribution in [0.4, 0.5) is 0 Å². The van der Waals surface area contributed by atoms with Crippen LogP contribution in [-0.4, -0.2) is 30.2 Å². The number of carbonyl (C=O) groups excluding carboxylic acids is 1. The lowest BCUT2D eigenvalue weighted by atomic mass is 10.0. The summed E-state index contributed by atoms with van der Waals surface area (Å²) >= 11 is 1.34. The summed E-state index contributed by atoms with van der Waals surface area (Å²) in [5, 5.41) is 9.34. The maximum Gasteiger partial charge on any atom is 0.263 e. The molecule has 0 amide bonds. The Labute approximate surface area is 178 Å². The highest BCUT2D eigenvalue weighted by Crippen LogP contribution is 2.27. The van der Waals surface area contributed by atoms with Gasteiger partial charge >= 0.3 is 0 Å². The monoisotopic (exact) mass is 418 g/mol. The van der Waals surface area contributed by atoms with Crippen LogP contribution < -0.4 is 5.56 Å². The molecule has 0 unspecified atom stereocenters. The zero-order valence-corrected chi connectivity index (χ0v) is 17.9. The van der Waals surface area contributed by atoms with Gasteiger partial charge in [-0.15, -0.1) is 16.8 Å². The first-order valence-corrected chi connectivity index (χ1v) is 10.6. The normalized spacial score (nSPS) is 12.4. The first kappa shape index (κ1) is 20.1. The van der Waals surface area contributed by atoms with Gasteiger partial charge in [0.05, 0.1) is 16.2 Å². The van der Waals surface area contributed by atoms with E-state index in [0.717, 1.165) is 16.6 Å². The topological polar surface area (TPSA) is 69.3 Å². The zero-order valence-electron chi connectivity index (χ0n) is 17.1. The molecule has 2 aromatic carbocycles. The first-order chi connectivity index (χ1) is 14.4. The van der Waals surface area contributed by atoms with Crippen LogP contribution in [-0.2, 0) is 6.54 Å². The van der Waals surface area contributed by atoms with E-state index in [1.54, 1.807) is 16.7 Å². The fraction of sp³-hybridized carbons (Fsp3) is 0.217. The smallest absolute Gasteiger partial charge is 0.263 e. The Morgan fingerprint density at radius 3 is 2.67 bits per heavy atom. The number of carbonyl (C=O) groups is 1. The summed E-state index contributed by atoms with van der Waals surface area (Å²) < 4.78 is 3.39. The van der Waals surface area contributed by atoms with Crippen LogP contribution in [0.5, 0.6) is 0 Å². The first-order valence-electron chi connectivity index (χ1n) is 9.68. The second-order valence-electron chi connectivity index (χ2n) is 7.26. The van der Waals surface area contributed by atoms with Crippen LogP contribution in [0, 0.1) is 13.8 Å². The van der Waals surface area contributed by atoms with Crippen LogP contribution in [0.25, 0.3) is 16.7 Å². The van der Waals surface area contributed by atoms with Crippen LogP contribution in [0.15, 0.2) is 65.1 Å². The summed E-state index contributed by atoms with van der Waals surface area (Å²) in [6.07, 6.45) is 1.66. The number of allylic oxidation sites excluding steroid dienone is 1. The van der Waals surface area contributed by atoms with Gasteiger partial charge in [0.25, 0.3) is 5.56 Å². The highest BCUT2D eigenvalue weighted by atomic mass is 32.2. The Balaban J connectivity index is 1.80. The third kappa shape index (κ3) is 3.35. The van der Waals surface area contributed by atoms with E-state index in [1.807, 2.05) is 61.6 Å². The van der Waals surface area contributed by atoms with E-state index in [-0.39, 0.29) is 16.6 Å². The van der Waals surface area contributed by atoms with E-state index >= 15 is 0 Å². The summed E-state index contributed by atoms with van der Waals surface area (Å²) in [7, 11) is 0. The number of benzene rings is 2. The number of nitrogens with zero attached hydrogens (tertiary/aromatic N) is 4. The molecule has 2 aromatic heterocycles. The lowest BCUT2D eigenvalue weighted by Crippen LogP contribution is -2.23. The summed E-state index contributed by atoms with van der Waals surface area (Å²) in [5.41, 5.74) is 3.50. The molecule has 0 bridgehead atoms. The molecule has 0 aliphatic heterocycles. The van der Waals surface area contributed by atoms with Crippen molar-refractivity contribution < 1.29 is 4.79 Å². The predicted octanol–water partition coefficient (Wildman–Crippen LogP) is 4.21. The van der Waals surface area contributed by atoms with Crippen molar-refractivity contribution in [2.75, 3.05) is 0 Å². The number of hydrogen-bond donors (Lipinski definition) is 0. The zero-order chi connectivity index (χ0) is 21.4. The van der Waals surface area contributed by atoms with Crippen LogP contribution in [0.3, 0.4) is 0 Å². The van der Waals surface area contributed by atoms with Crippen molar-refractivity contribution in [1.82, 2.24) is 19.2 Å². The molecule has 0 saturated carbocycles. The molecule has 0 radical (unpaired) electrons. The molecule has 30 heavy (non-hydrogen) atoms. The molecule has 7 heteroatoms. The van der Waals surface area contributed by atoms with Gasteiger partial charge < -0.3 is 0 Å². The minimum Gasteiger partial charge on any atom is -0.293 e. The minimum absolute atomic E-state index is 0.0311. The van der Waals surface area contributed by atoms with Crippen molar-refractivity contribution in [2.45, 2.75) is 37.7 Å². The van der Waals surface area contributed by atoms with E-state index in [0.29, 0.717) is 28.4 Å². The molecule has 0 aliphatic rings. The van der Waals surface area contributed by atoms with E-state index in [9.17, 15) is 9.59 Å². The fourth-order valence-corrected chi connectivity index (χ4v) is 4.38. The second kappa shape index (κ2) is 7.91. The Morgan fingerprint density at radius 1 is 1.17 bits per heavy atom. The number of para-hydroxylation sites is 1. The van der Waals surface area contributed by atoms with Gasteiger partial charge in [-0.2, -0.15) is 0 Å². The third-order valence-electron chi connectivity index (χ3n) is 5.23. The second-order valence-corrected chi connectivity index (χ2v) is 8.57. The quantitative estimate of drug-likeness (QED) is 0.267. The summed E-state index contributed by atoms with van der Waals surface area (Å²) in [5.74, 6) is 0.468. The number of Topliss-reactive ketones (excluding diaryl/α,β-unsaturated/α-hetero) is 1. The molecule has 0 spiro atoms. The van der Waals surface area contributed by atoms with Crippen molar-refractivity contribution in [1.29, 1.82) is 0 Å². The lowest BCUT2D eigenvalue weighted by molar-refractivity contribution is 0.0994. The number of rotatable bonds is 6. The Kier molecular flexibility index (Phi) is 5.30. The van der Waals surface area contributed by atoms with E-state index in [2.05, 4.69) is 16.8 Å². The van der Waals surface area contributed by atoms with Crippen LogP contribution >= 0.6 is 11.8 Å². The molecule has 0 saturated heterocycles. The Morgan fingerprint density at radius 2 is 1.93 bits per heavy atom. The summed E-state index contributed by atoms with van der Waals surface area (Å²) in [6, 6.07) is 13.1. The van der Waals surface area contributed by atoms with E-state index < -0.39 is 0 Å². The van der Waals surface area contributed by atoms with Gasteiger partial charge in [0.15, 0.2) is 10.9 Å². The standard InChI is InChI=1S/C23H22N4O2S/c1-5-12-26-21(29)18-8-6-7-9-19(18)27-22(26)24-25-23(27)30-16(4)20(28)17-11-10-14(2)15(3)13-17/h5-11,13,16H,1,12H2,2-4H3/t16-/m1/s1. The highest BCUT2D eigenvalue weighted by Gasteiger charge is 2.22. The SMILES string of the molecule is C=CCn1c(=O)c2ccccc2n2c(S[C@H](C)C(=O)c3ccc(C)c(C)c3)nnc12. The maximum atomic E-state index is 13.0. The number of hydrogen-bond acceptors (Lipinski definition) is 5. The van der Waals surface area contributed by atoms with Crippen molar-refractivity contribution >= 4 is 34.2 Å².